The number of likely N-dealkylation sites (tertiary alicyclic amines) is 1. The van der Waals surface area contributed by atoms with E-state index in [0.717, 1.165) is 32.0 Å². The largest absolute Gasteiger partial charge is 0.356 e. The first kappa shape index (κ1) is 23.0. The number of piperidine rings is 1. The van der Waals surface area contributed by atoms with E-state index in [4.69, 9.17) is 0 Å². The standard InChI is InChI=1S/C19H39N5.HI/c1-20-18(21-13-10-14-23(2)3)22-17-19(11-6-4-7-12-19)24-15-8-5-9-16-24;/h4-17H2,1-3H3,(H2,20,21,22);1H. The van der Waals surface area contributed by atoms with E-state index >= 15 is 0 Å². The molecule has 6 heteroatoms. The number of hydrogen-bond acceptors (Lipinski definition) is 3. The summed E-state index contributed by atoms with van der Waals surface area (Å²) in [5.41, 5.74) is 0.361. The van der Waals surface area contributed by atoms with Crippen molar-refractivity contribution in [1.82, 2.24) is 20.4 Å². The van der Waals surface area contributed by atoms with Crippen LogP contribution in [0.25, 0.3) is 0 Å². The van der Waals surface area contributed by atoms with Gasteiger partial charge in [-0.05, 0) is 65.8 Å². The second-order valence-electron chi connectivity index (χ2n) is 7.84. The first-order valence-corrected chi connectivity index (χ1v) is 10.0. The molecular formula is C19H40IN5. The van der Waals surface area contributed by atoms with Gasteiger partial charge in [-0.3, -0.25) is 9.89 Å². The summed E-state index contributed by atoms with van der Waals surface area (Å²) in [5, 5.41) is 7.13. The van der Waals surface area contributed by atoms with Gasteiger partial charge in [-0.25, -0.2) is 0 Å². The first-order valence-electron chi connectivity index (χ1n) is 10.0. The number of aliphatic imine (C=N–C) groups is 1. The first-order chi connectivity index (χ1) is 11.7. The zero-order valence-corrected chi connectivity index (χ0v) is 19.0. The predicted molar refractivity (Wildman–Crippen MR) is 119 cm³/mol. The van der Waals surface area contributed by atoms with Crippen LogP contribution in [0.4, 0.5) is 0 Å². The molecule has 148 valence electrons. The number of rotatable bonds is 7. The highest BCUT2D eigenvalue weighted by atomic mass is 127. The lowest BCUT2D eigenvalue weighted by molar-refractivity contribution is 0.0368. The van der Waals surface area contributed by atoms with Crippen LogP contribution < -0.4 is 10.6 Å². The molecule has 0 spiro atoms. The summed E-state index contributed by atoms with van der Waals surface area (Å²) < 4.78 is 0. The average molecular weight is 465 g/mol. The Morgan fingerprint density at radius 3 is 2.24 bits per heavy atom. The van der Waals surface area contributed by atoms with Crippen LogP contribution in [0.5, 0.6) is 0 Å². The second kappa shape index (κ2) is 12.3. The van der Waals surface area contributed by atoms with Crippen molar-refractivity contribution in [3.8, 4) is 0 Å². The monoisotopic (exact) mass is 465 g/mol. The maximum absolute atomic E-state index is 4.43. The van der Waals surface area contributed by atoms with Crippen LogP contribution in [-0.4, -0.2) is 75.2 Å². The SMILES string of the molecule is CN=C(NCCCN(C)C)NCC1(N2CCCCC2)CCCCC1.I. The van der Waals surface area contributed by atoms with Crippen molar-refractivity contribution in [1.29, 1.82) is 0 Å². The summed E-state index contributed by atoms with van der Waals surface area (Å²) in [7, 11) is 6.13. The van der Waals surface area contributed by atoms with Crippen LogP contribution in [0.3, 0.4) is 0 Å². The fraction of sp³-hybridized carbons (Fsp3) is 0.947. The summed E-state index contributed by atoms with van der Waals surface area (Å²) in [5.74, 6) is 0.968. The summed E-state index contributed by atoms with van der Waals surface area (Å²) >= 11 is 0. The molecule has 0 atom stereocenters. The van der Waals surface area contributed by atoms with E-state index in [0.29, 0.717) is 5.54 Å². The quantitative estimate of drug-likeness (QED) is 0.263. The Hall–Kier alpha value is -0.0800. The highest BCUT2D eigenvalue weighted by Crippen LogP contribution is 2.35. The minimum Gasteiger partial charge on any atom is -0.356 e. The maximum Gasteiger partial charge on any atom is 0.191 e. The molecule has 0 radical (unpaired) electrons. The molecule has 0 aromatic carbocycles. The molecule has 1 aliphatic heterocycles. The Morgan fingerprint density at radius 1 is 1.00 bits per heavy atom. The second-order valence-corrected chi connectivity index (χ2v) is 7.84. The average Bonchev–Trinajstić information content (AvgIpc) is 2.62. The van der Waals surface area contributed by atoms with Crippen molar-refractivity contribution >= 4 is 29.9 Å². The number of nitrogens with one attached hydrogen (secondary N) is 2. The van der Waals surface area contributed by atoms with Gasteiger partial charge in [0, 0.05) is 25.7 Å². The van der Waals surface area contributed by atoms with E-state index in [2.05, 4.69) is 39.5 Å². The van der Waals surface area contributed by atoms with Gasteiger partial charge in [0.1, 0.15) is 0 Å². The fourth-order valence-electron chi connectivity index (χ4n) is 4.25. The van der Waals surface area contributed by atoms with E-state index < -0.39 is 0 Å². The molecule has 0 amide bonds. The molecule has 2 fully saturated rings. The molecule has 1 saturated heterocycles. The van der Waals surface area contributed by atoms with Crippen molar-refractivity contribution in [2.45, 2.75) is 63.3 Å². The summed E-state index contributed by atoms with van der Waals surface area (Å²) in [6, 6.07) is 0. The van der Waals surface area contributed by atoms with Crippen LogP contribution >= 0.6 is 24.0 Å². The third-order valence-corrected chi connectivity index (χ3v) is 5.69. The van der Waals surface area contributed by atoms with Gasteiger partial charge in [0.15, 0.2) is 5.96 Å². The Bertz CT molecular complexity index is 374. The van der Waals surface area contributed by atoms with Crippen molar-refractivity contribution < 1.29 is 0 Å². The zero-order valence-electron chi connectivity index (χ0n) is 16.6. The molecule has 0 unspecified atom stereocenters. The van der Waals surface area contributed by atoms with Gasteiger partial charge < -0.3 is 15.5 Å². The summed E-state index contributed by atoms with van der Waals surface area (Å²) in [6.07, 6.45) is 12.2. The maximum atomic E-state index is 4.43. The van der Waals surface area contributed by atoms with E-state index in [1.54, 1.807) is 0 Å². The Morgan fingerprint density at radius 2 is 1.64 bits per heavy atom. The predicted octanol–water partition coefficient (Wildman–Crippen LogP) is 2.91. The van der Waals surface area contributed by atoms with Crippen LogP contribution in [0.2, 0.25) is 0 Å². The molecule has 2 aliphatic rings. The van der Waals surface area contributed by atoms with E-state index in [-0.39, 0.29) is 24.0 Å². The Balaban J connectivity index is 0.00000312. The van der Waals surface area contributed by atoms with Crippen molar-refractivity contribution in [3.05, 3.63) is 0 Å². The minimum absolute atomic E-state index is 0. The van der Waals surface area contributed by atoms with Gasteiger partial charge in [-0.1, -0.05) is 25.7 Å². The Kier molecular flexibility index (Phi) is 11.3. The number of guanidine groups is 1. The highest BCUT2D eigenvalue weighted by molar-refractivity contribution is 14.0. The molecule has 25 heavy (non-hydrogen) atoms. The fourth-order valence-corrected chi connectivity index (χ4v) is 4.25. The lowest BCUT2D eigenvalue weighted by Gasteiger charge is -2.48. The Labute approximate surface area is 172 Å². The molecular weight excluding hydrogens is 425 g/mol. The number of halogens is 1. The van der Waals surface area contributed by atoms with Gasteiger partial charge in [0.2, 0.25) is 0 Å². The zero-order chi connectivity index (χ0) is 17.3. The normalized spacial score (nSPS) is 21.7. The highest BCUT2D eigenvalue weighted by Gasteiger charge is 2.38. The molecule has 5 nitrogen and oxygen atoms in total. The number of hydrogen-bond donors (Lipinski definition) is 2. The van der Waals surface area contributed by atoms with Crippen LogP contribution in [0, 0.1) is 0 Å². The third kappa shape index (κ3) is 7.59. The smallest absolute Gasteiger partial charge is 0.191 e. The van der Waals surface area contributed by atoms with E-state index in [1.807, 2.05) is 7.05 Å². The lowest BCUT2D eigenvalue weighted by Crippen LogP contribution is -2.59. The number of nitrogens with zero attached hydrogens (tertiary/aromatic N) is 3. The topological polar surface area (TPSA) is 42.9 Å². The van der Waals surface area contributed by atoms with Gasteiger partial charge >= 0.3 is 0 Å². The van der Waals surface area contributed by atoms with Gasteiger partial charge in [-0.15, -0.1) is 24.0 Å². The van der Waals surface area contributed by atoms with Crippen molar-refractivity contribution in [2.24, 2.45) is 4.99 Å². The molecule has 0 aromatic heterocycles. The molecule has 1 heterocycles. The molecule has 2 rings (SSSR count). The van der Waals surface area contributed by atoms with Crippen molar-refractivity contribution in [3.63, 3.8) is 0 Å². The van der Waals surface area contributed by atoms with Crippen LogP contribution in [0.15, 0.2) is 4.99 Å². The third-order valence-electron chi connectivity index (χ3n) is 5.69. The van der Waals surface area contributed by atoms with Gasteiger partial charge in [0.25, 0.3) is 0 Å². The molecule has 1 saturated carbocycles. The van der Waals surface area contributed by atoms with Gasteiger partial charge in [-0.2, -0.15) is 0 Å². The molecule has 0 aromatic rings. The molecule has 0 bridgehead atoms. The van der Waals surface area contributed by atoms with Crippen LogP contribution in [0.1, 0.15) is 57.8 Å². The molecule has 1 aliphatic carbocycles. The van der Waals surface area contributed by atoms with Gasteiger partial charge in [0.05, 0.1) is 0 Å². The van der Waals surface area contributed by atoms with Crippen LogP contribution in [-0.2, 0) is 0 Å². The van der Waals surface area contributed by atoms with E-state index in [9.17, 15) is 0 Å². The molecule has 2 N–H and O–H groups in total. The lowest BCUT2D eigenvalue weighted by atomic mass is 9.79. The van der Waals surface area contributed by atoms with Crippen molar-refractivity contribution in [2.75, 3.05) is 53.9 Å². The summed E-state index contributed by atoms with van der Waals surface area (Å²) in [4.78, 5) is 9.45. The van der Waals surface area contributed by atoms with E-state index in [1.165, 1.54) is 64.5 Å². The summed E-state index contributed by atoms with van der Waals surface area (Å²) in [6.45, 7) is 5.71. The minimum atomic E-state index is 0.